The second-order valence-electron chi connectivity index (χ2n) is 7.56. The fourth-order valence-corrected chi connectivity index (χ4v) is 4.25. The van der Waals surface area contributed by atoms with E-state index in [-0.39, 0.29) is 35.3 Å². The number of amides is 2. The number of carbonyl (C=O) groups is 1. The Hall–Kier alpha value is -2.16. The molecule has 0 heterocycles. The molecule has 0 bridgehead atoms. The molecule has 30 heavy (non-hydrogen) atoms. The van der Waals surface area contributed by atoms with Crippen LogP contribution in [-0.2, 0) is 16.4 Å². The number of carbonyl (C=O) groups excluding carboxylic acids is 1. The zero-order chi connectivity index (χ0) is 22.6. The first-order chi connectivity index (χ1) is 14.0. The van der Waals surface area contributed by atoms with Gasteiger partial charge in [-0.1, -0.05) is 39.3 Å². The molecular weight excluding hydrogens is 431 g/mol. The Labute approximate surface area is 181 Å². The number of nitrogens with one attached hydrogen (secondary N) is 2. The highest BCUT2D eigenvalue weighted by atomic mass is 35.5. The predicted molar refractivity (Wildman–Crippen MR) is 116 cm³/mol. The van der Waals surface area contributed by atoms with Crippen molar-refractivity contribution in [1.29, 1.82) is 0 Å². The third-order valence-corrected chi connectivity index (χ3v) is 6.13. The van der Waals surface area contributed by atoms with Crippen LogP contribution in [0.3, 0.4) is 0 Å². The first kappa shape index (κ1) is 24.1. The molecule has 0 aliphatic heterocycles. The Morgan fingerprint density at radius 3 is 2.17 bits per heavy atom. The maximum absolute atomic E-state index is 13.8. The summed E-state index contributed by atoms with van der Waals surface area (Å²) in [6.45, 7) is 7.43. The minimum Gasteiger partial charge on any atom is -0.396 e. The molecule has 0 aliphatic rings. The summed E-state index contributed by atoms with van der Waals surface area (Å²) in [7, 11) is -4.25. The normalized spacial score (nSPS) is 11.8. The van der Waals surface area contributed by atoms with Crippen LogP contribution in [0.4, 0.5) is 14.9 Å². The van der Waals surface area contributed by atoms with E-state index < -0.39 is 21.9 Å². The number of aliphatic hydroxyl groups is 1. The number of benzene rings is 2. The van der Waals surface area contributed by atoms with Crippen molar-refractivity contribution in [1.82, 2.24) is 4.72 Å². The molecule has 9 heteroatoms. The Kier molecular flexibility index (Phi) is 7.85. The van der Waals surface area contributed by atoms with Crippen molar-refractivity contribution < 1.29 is 22.7 Å². The van der Waals surface area contributed by atoms with Crippen LogP contribution in [0, 0.1) is 5.82 Å². The number of sulfonamides is 1. The van der Waals surface area contributed by atoms with E-state index in [1.807, 2.05) is 32.4 Å². The lowest BCUT2D eigenvalue weighted by atomic mass is 9.92. The smallest absolute Gasteiger partial charge is 0.333 e. The second-order valence-corrected chi connectivity index (χ2v) is 9.67. The van der Waals surface area contributed by atoms with Crippen molar-refractivity contribution >= 4 is 33.3 Å². The molecule has 0 radical (unpaired) electrons. The van der Waals surface area contributed by atoms with Crippen LogP contribution in [0.15, 0.2) is 35.2 Å². The number of rotatable bonds is 7. The van der Waals surface area contributed by atoms with Gasteiger partial charge in [0, 0.05) is 17.3 Å². The fourth-order valence-electron chi connectivity index (χ4n) is 3.06. The minimum absolute atomic E-state index is 0.0336. The summed E-state index contributed by atoms with van der Waals surface area (Å²) < 4.78 is 40.9. The van der Waals surface area contributed by atoms with Crippen LogP contribution in [0.5, 0.6) is 0 Å². The molecule has 0 fully saturated rings. The maximum atomic E-state index is 13.8. The lowest BCUT2D eigenvalue weighted by Gasteiger charge is -2.21. The average molecular weight is 457 g/mol. The molecule has 2 rings (SSSR count). The Morgan fingerprint density at radius 2 is 1.67 bits per heavy atom. The van der Waals surface area contributed by atoms with Crippen LogP contribution in [-0.4, -0.2) is 26.2 Å². The minimum atomic E-state index is -4.25. The molecule has 164 valence electrons. The number of hydrogen-bond donors (Lipinski definition) is 3. The quantitative estimate of drug-likeness (QED) is 0.559. The SMILES string of the molecule is CC(C)c1cc(Cl)cc(C(C)C)c1NC(=O)NS(=O)(=O)c1ccc(F)c(CCO)c1. The highest BCUT2D eigenvalue weighted by Crippen LogP contribution is 2.35. The molecular formula is C21H26ClFN2O4S. The zero-order valence-corrected chi connectivity index (χ0v) is 18.9. The molecule has 6 nitrogen and oxygen atoms in total. The van der Waals surface area contributed by atoms with Crippen LogP contribution < -0.4 is 10.0 Å². The van der Waals surface area contributed by atoms with E-state index in [0.29, 0.717) is 10.7 Å². The van der Waals surface area contributed by atoms with Gasteiger partial charge in [-0.3, -0.25) is 0 Å². The van der Waals surface area contributed by atoms with Gasteiger partial charge in [-0.05, 0) is 65.3 Å². The Balaban J connectivity index is 2.34. The van der Waals surface area contributed by atoms with E-state index in [4.69, 9.17) is 16.7 Å². The summed E-state index contributed by atoms with van der Waals surface area (Å²) in [5.41, 5.74) is 2.12. The standard InChI is InChI=1S/C21H26ClFN2O4S/c1-12(2)17-10-15(22)11-18(13(3)4)20(17)24-21(27)25-30(28,29)16-5-6-19(23)14(9-16)7-8-26/h5-6,9-13,26H,7-8H2,1-4H3,(H2,24,25,27). The monoisotopic (exact) mass is 456 g/mol. The Bertz CT molecular complexity index is 1010. The second kappa shape index (κ2) is 9.76. The van der Waals surface area contributed by atoms with Crippen LogP contribution in [0.1, 0.15) is 56.2 Å². The van der Waals surface area contributed by atoms with Gasteiger partial charge in [0.25, 0.3) is 10.0 Å². The number of hydrogen-bond acceptors (Lipinski definition) is 4. The lowest BCUT2D eigenvalue weighted by Crippen LogP contribution is -2.35. The van der Waals surface area contributed by atoms with Gasteiger partial charge >= 0.3 is 6.03 Å². The summed E-state index contributed by atoms with van der Waals surface area (Å²) in [5.74, 6) is -0.561. The van der Waals surface area contributed by atoms with E-state index >= 15 is 0 Å². The average Bonchev–Trinajstić information content (AvgIpc) is 2.63. The van der Waals surface area contributed by atoms with Crippen LogP contribution in [0.25, 0.3) is 0 Å². The molecule has 0 aromatic heterocycles. The summed E-state index contributed by atoms with van der Waals surface area (Å²) in [6.07, 6.45) is -0.0400. The van der Waals surface area contributed by atoms with Gasteiger partial charge < -0.3 is 10.4 Å². The molecule has 2 amide bonds. The van der Waals surface area contributed by atoms with Gasteiger partial charge in [-0.25, -0.2) is 22.3 Å². The predicted octanol–water partition coefficient (Wildman–Crippen LogP) is 4.77. The summed E-state index contributed by atoms with van der Waals surface area (Å²) in [4.78, 5) is 12.3. The number of aliphatic hydroxyl groups excluding tert-OH is 1. The first-order valence-corrected chi connectivity index (χ1v) is 11.4. The third kappa shape index (κ3) is 5.71. The molecule has 3 N–H and O–H groups in total. The van der Waals surface area contributed by atoms with Gasteiger partial charge in [0.2, 0.25) is 0 Å². The molecule has 0 saturated heterocycles. The summed E-state index contributed by atoms with van der Waals surface area (Å²) in [5, 5.41) is 12.2. The van der Waals surface area contributed by atoms with Crippen molar-refractivity contribution in [3.8, 4) is 0 Å². The number of halogens is 2. The maximum Gasteiger partial charge on any atom is 0.333 e. The van der Waals surface area contributed by atoms with E-state index in [9.17, 15) is 17.6 Å². The number of anilines is 1. The van der Waals surface area contributed by atoms with Gasteiger partial charge in [0.15, 0.2) is 0 Å². The van der Waals surface area contributed by atoms with Crippen molar-refractivity contribution in [2.75, 3.05) is 11.9 Å². The van der Waals surface area contributed by atoms with Crippen molar-refractivity contribution in [3.05, 3.63) is 57.9 Å². The molecule has 0 aliphatic carbocycles. The van der Waals surface area contributed by atoms with Crippen LogP contribution >= 0.6 is 11.6 Å². The van der Waals surface area contributed by atoms with Crippen LogP contribution in [0.2, 0.25) is 5.02 Å². The van der Waals surface area contributed by atoms with Crippen molar-refractivity contribution in [2.24, 2.45) is 0 Å². The molecule has 2 aromatic carbocycles. The van der Waals surface area contributed by atoms with Gasteiger partial charge in [-0.2, -0.15) is 0 Å². The first-order valence-electron chi connectivity index (χ1n) is 9.52. The van der Waals surface area contributed by atoms with Crippen molar-refractivity contribution in [2.45, 2.75) is 50.8 Å². The van der Waals surface area contributed by atoms with E-state index in [1.165, 1.54) is 0 Å². The highest BCUT2D eigenvalue weighted by molar-refractivity contribution is 7.90. The lowest BCUT2D eigenvalue weighted by molar-refractivity contribution is 0.256. The zero-order valence-electron chi connectivity index (χ0n) is 17.3. The molecule has 0 unspecified atom stereocenters. The van der Waals surface area contributed by atoms with E-state index in [2.05, 4.69) is 5.32 Å². The van der Waals surface area contributed by atoms with Gasteiger partial charge in [0.1, 0.15) is 5.82 Å². The van der Waals surface area contributed by atoms with E-state index in [1.54, 1.807) is 12.1 Å². The molecule has 0 spiro atoms. The number of urea groups is 1. The third-order valence-electron chi connectivity index (χ3n) is 4.58. The topological polar surface area (TPSA) is 95.5 Å². The molecule has 0 atom stereocenters. The van der Waals surface area contributed by atoms with Gasteiger partial charge in [0.05, 0.1) is 4.90 Å². The summed E-state index contributed by atoms with van der Waals surface area (Å²) >= 11 is 6.21. The Morgan fingerprint density at radius 1 is 1.10 bits per heavy atom. The molecule has 2 aromatic rings. The highest BCUT2D eigenvalue weighted by Gasteiger charge is 2.22. The van der Waals surface area contributed by atoms with E-state index in [0.717, 1.165) is 29.3 Å². The van der Waals surface area contributed by atoms with Crippen molar-refractivity contribution in [3.63, 3.8) is 0 Å². The molecule has 0 saturated carbocycles. The largest absolute Gasteiger partial charge is 0.396 e. The summed E-state index contributed by atoms with van der Waals surface area (Å²) in [6, 6.07) is 5.70. The fraction of sp³-hybridized carbons (Fsp3) is 0.381. The van der Waals surface area contributed by atoms with Gasteiger partial charge in [-0.15, -0.1) is 0 Å².